The van der Waals surface area contributed by atoms with E-state index in [4.69, 9.17) is 5.73 Å². The topological polar surface area (TPSA) is 68.3 Å². The summed E-state index contributed by atoms with van der Waals surface area (Å²) in [6.07, 6.45) is 1.41. The van der Waals surface area contributed by atoms with Crippen molar-refractivity contribution < 1.29 is 9.18 Å². The maximum absolute atomic E-state index is 13.5. The minimum Gasteiger partial charge on any atom is -0.398 e. The molecule has 1 amide bonds. The zero-order valence-electron chi connectivity index (χ0n) is 11.6. The molecular formula is C15H16FN3O2. The minimum absolute atomic E-state index is 0.130. The average Bonchev–Trinajstić information content (AvgIpc) is 2.45. The predicted molar refractivity (Wildman–Crippen MR) is 78.0 cm³/mol. The molecule has 6 heteroatoms. The number of carbonyl (C=O) groups is 1. The molecule has 1 aromatic carbocycles. The van der Waals surface area contributed by atoms with Gasteiger partial charge in [0.05, 0.1) is 0 Å². The minimum atomic E-state index is -0.363. The van der Waals surface area contributed by atoms with Gasteiger partial charge in [-0.15, -0.1) is 0 Å². The van der Waals surface area contributed by atoms with Crippen molar-refractivity contribution in [2.24, 2.45) is 0 Å². The molecule has 0 aliphatic heterocycles. The van der Waals surface area contributed by atoms with Gasteiger partial charge in [0.1, 0.15) is 12.4 Å². The Morgan fingerprint density at radius 3 is 2.71 bits per heavy atom. The molecule has 1 aromatic heterocycles. The van der Waals surface area contributed by atoms with Gasteiger partial charge in [0, 0.05) is 37.1 Å². The Bertz CT molecular complexity index is 712. The number of rotatable bonds is 4. The summed E-state index contributed by atoms with van der Waals surface area (Å²) in [6.45, 7) is 0.0113. The fourth-order valence-corrected chi connectivity index (χ4v) is 1.91. The predicted octanol–water partition coefficient (Wildman–Crippen LogP) is 1.23. The second-order valence-electron chi connectivity index (χ2n) is 4.77. The average molecular weight is 289 g/mol. The lowest BCUT2D eigenvalue weighted by Crippen LogP contribution is -2.33. The van der Waals surface area contributed by atoms with Crippen molar-refractivity contribution in [2.75, 3.05) is 12.8 Å². The van der Waals surface area contributed by atoms with E-state index >= 15 is 0 Å². The summed E-state index contributed by atoms with van der Waals surface area (Å²) < 4.78 is 14.8. The number of pyridine rings is 1. The maximum atomic E-state index is 13.5. The highest BCUT2D eigenvalue weighted by Gasteiger charge is 2.12. The van der Waals surface area contributed by atoms with Crippen LogP contribution in [0.15, 0.2) is 47.4 Å². The van der Waals surface area contributed by atoms with Crippen molar-refractivity contribution in [3.8, 4) is 0 Å². The molecule has 0 spiro atoms. The van der Waals surface area contributed by atoms with E-state index in [0.29, 0.717) is 11.3 Å². The molecule has 0 fully saturated rings. The fraction of sp³-hybridized carbons (Fsp3) is 0.200. The summed E-state index contributed by atoms with van der Waals surface area (Å²) in [5.74, 6) is -0.663. The number of anilines is 1. The van der Waals surface area contributed by atoms with Crippen molar-refractivity contribution in [2.45, 2.75) is 13.1 Å². The van der Waals surface area contributed by atoms with Crippen LogP contribution in [0.25, 0.3) is 0 Å². The Morgan fingerprint density at radius 1 is 1.29 bits per heavy atom. The number of nitrogens with two attached hydrogens (primary N) is 1. The largest absolute Gasteiger partial charge is 0.398 e. The van der Waals surface area contributed by atoms with Crippen molar-refractivity contribution in [3.63, 3.8) is 0 Å². The molecule has 0 saturated carbocycles. The van der Waals surface area contributed by atoms with Gasteiger partial charge in [-0.2, -0.15) is 0 Å². The Hall–Kier alpha value is -2.63. The van der Waals surface area contributed by atoms with Crippen molar-refractivity contribution >= 4 is 11.6 Å². The summed E-state index contributed by atoms with van der Waals surface area (Å²) in [5, 5.41) is 0. The van der Waals surface area contributed by atoms with Crippen molar-refractivity contribution in [1.82, 2.24) is 9.47 Å². The van der Waals surface area contributed by atoms with Gasteiger partial charge in [0.25, 0.3) is 5.56 Å². The molecule has 2 N–H and O–H groups in total. The van der Waals surface area contributed by atoms with Gasteiger partial charge in [-0.1, -0.05) is 18.2 Å². The van der Waals surface area contributed by atoms with E-state index in [2.05, 4.69) is 0 Å². The van der Waals surface area contributed by atoms with Gasteiger partial charge in [-0.25, -0.2) is 4.39 Å². The summed E-state index contributed by atoms with van der Waals surface area (Å²) in [7, 11) is 1.56. The first kappa shape index (κ1) is 14.8. The first-order valence-electron chi connectivity index (χ1n) is 6.40. The Labute approximate surface area is 121 Å². The van der Waals surface area contributed by atoms with E-state index in [1.165, 1.54) is 33.9 Å². The third kappa shape index (κ3) is 3.68. The number of halogens is 1. The Kier molecular flexibility index (Phi) is 4.37. The molecule has 0 unspecified atom stereocenters. The van der Waals surface area contributed by atoms with E-state index < -0.39 is 0 Å². The number of carbonyl (C=O) groups excluding carboxylic acids is 1. The van der Waals surface area contributed by atoms with Gasteiger partial charge >= 0.3 is 0 Å². The lowest BCUT2D eigenvalue weighted by atomic mass is 10.2. The number of aromatic nitrogens is 1. The molecule has 0 atom stereocenters. The summed E-state index contributed by atoms with van der Waals surface area (Å²) in [6, 6.07) is 9.04. The van der Waals surface area contributed by atoms with Crippen LogP contribution in [-0.4, -0.2) is 22.4 Å². The van der Waals surface area contributed by atoms with Gasteiger partial charge < -0.3 is 15.2 Å². The van der Waals surface area contributed by atoms with Crippen LogP contribution in [0, 0.1) is 5.82 Å². The number of nitrogens with zero attached hydrogens (tertiary/aromatic N) is 2. The SMILES string of the molecule is CN(Cc1ccccc1F)C(=O)Cn1cc(N)ccc1=O. The Morgan fingerprint density at radius 2 is 2.00 bits per heavy atom. The Balaban J connectivity index is 2.08. The first-order valence-corrected chi connectivity index (χ1v) is 6.40. The zero-order valence-corrected chi connectivity index (χ0v) is 11.6. The van der Waals surface area contributed by atoms with E-state index in [0.717, 1.165) is 0 Å². The molecular weight excluding hydrogens is 273 g/mol. The lowest BCUT2D eigenvalue weighted by molar-refractivity contribution is -0.131. The monoisotopic (exact) mass is 289 g/mol. The third-order valence-corrected chi connectivity index (χ3v) is 3.10. The molecule has 21 heavy (non-hydrogen) atoms. The van der Waals surface area contributed by atoms with Crippen LogP contribution in [-0.2, 0) is 17.9 Å². The van der Waals surface area contributed by atoms with Crippen LogP contribution < -0.4 is 11.3 Å². The maximum Gasteiger partial charge on any atom is 0.251 e. The summed E-state index contributed by atoms with van der Waals surface area (Å²) in [5.41, 5.74) is 6.11. The molecule has 0 aliphatic carbocycles. The molecule has 0 bridgehead atoms. The molecule has 110 valence electrons. The smallest absolute Gasteiger partial charge is 0.251 e. The number of amides is 1. The second-order valence-corrected chi connectivity index (χ2v) is 4.77. The van der Waals surface area contributed by atoms with Crippen LogP contribution in [0.4, 0.5) is 10.1 Å². The van der Waals surface area contributed by atoms with Crippen molar-refractivity contribution in [3.05, 3.63) is 64.3 Å². The van der Waals surface area contributed by atoms with Crippen LogP contribution in [0.3, 0.4) is 0 Å². The highest BCUT2D eigenvalue weighted by atomic mass is 19.1. The van der Waals surface area contributed by atoms with Gasteiger partial charge in [0.15, 0.2) is 0 Å². The quantitative estimate of drug-likeness (QED) is 0.920. The second kappa shape index (κ2) is 6.21. The van der Waals surface area contributed by atoms with E-state index in [1.807, 2.05) is 0 Å². The molecule has 2 rings (SSSR count). The van der Waals surface area contributed by atoms with E-state index in [9.17, 15) is 14.0 Å². The molecule has 0 saturated heterocycles. The van der Waals surface area contributed by atoms with Gasteiger partial charge in [0.2, 0.25) is 5.91 Å². The molecule has 5 nitrogen and oxygen atoms in total. The van der Waals surface area contributed by atoms with Crippen molar-refractivity contribution in [1.29, 1.82) is 0 Å². The lowest BCUT2D eigenvalue weighted by Gasteiger charge is -2.18. The van der Waals surface area contributed by atoms with Gasteiger partial charge in [-0.05, 0) is 12.1 Å². The molecule has 0 radical (unpaired) electrons. The fourth-order valence-electron chi connectivity index (χ4n) is 1.91. The number of hydrogen-bond donors (Lipinski definition) is 1. The van der Waals surface area contributed by atoms with Gasteiger partial charge in [-0.3, -0.25) is 9.59 Å². The third-order valence-electron chi connectivity index (χ3n) is 3.10. The highest BCUT2D eigenvalue weighted by Crippen LogP contribution is 2.09. The summed E-state index contributed by atoms with van der Waals surface area (Å²) >= 11 is 0. The summed E-state index contributed by atoms with van der Waals surface area (Å²) in [4.78, 5) is 25.1. The standard InChI is InChI=1S/C15H16FN3O2/c1-18(8-11-4-2-3-5-13(11)16)15(21)10-19-9-12(17)6-7-14(19)20/h2-7,9H,8,10,17H2,1H3. The zero-order chi connectivity index (χ0) is 15.4. The van der Waals surface area contributed by atoms with Crippen LogP contribution in [0.5, 0.6) is 0 Å². The van der Waals surface area contributed by atoms with E-state index in [1.54, 1.807) is 25.2 Å². The molecule has 0 aliphatic rings. The molecule has 2 aromatic rings. The van der Waals surface area contributed by atoms with E-state index in [-0.39, 0.29) is 30.4 Å². The van der Waals surface area contributed by atoms with Crippen LogP contribution in [0.2, 0.25) is 0 Å². The van der Waals surface area contributed by atoms with Crippen LogP contribution in [0.1, 0.15) is 5.56 Å². The molecule has 1 heterocycles. The number of nitrogen functional groups attached to an aromatic ring is 1. The normalized spacial score (nSPS) is 10.4. The highest BCUT2D eigenvalue weighted by molar-refractivity contribution is 5.75. The number of benzene rings is 1. The number of hydrogen-bond acceptors (Lipinski definition) is 3. The van der Waals surface area contributed by atoms with Crippen LogP contribution >= 0.6 is 0 Å². The number of likely N-dealkylation sites (N-methyl/N-ethyl adjacent to an activating group) is 1. The first-order chi connectivity index (χ1) is 9.97.